The largest absolute Gasteiger partial charge is 0.595 e. The zero-order valence-corrected chi connectivity index (χ0v) is 10.1. The predicted molar refractivity (Wildman–Crippen MR) is 60.6 cm³/mol. The molecule has 1 aromatic rings. The lowest BCUT2D eigenvalue weighted by Gasteiger charge is -1.73. The van der Waals surface area contributed by atoms with Gasteiger partial charge in [0.2, 0.25) is 0 Å². The normalized spacial score (nSPS) is 9.31. The minimum absolute atomic E-state index is 0.0926. The first kappa shape index (κ1) is 14.4. The lowest BCUT2D eigenvalue weighted by Crippen LogP contribution is -1.91. The van der Waals surface area contributed by atoms with Gasteiger partial charge in [-0.15, -0.1) is 0 Å². The van der Waals surface area contributed by atoms with Crippen LogP contribution in [0.2, 0.25) is 0 Å². The summed E-state index contributed by atoms with van der Waals surface area (Å²) in [6.07, 6.45) is 4.83. The number of hydrogen-bond acceptors (Lipinski definition) is 4. The quantitative estimate of drug-likeness (QED) is 0.350. The van der Waals surface area contributed by atoms with Crippen molar-refractivity contribution >= 4 is 20.0 Å². The third-order valence-electron chi connectivity index (χ3n) is 1.18. The Balaban J connectivity index is 0.000000325. The summed E-state index contributed by atoms with van der Waals surface area (Å²) in [4.78, 5) is 9.57. The van der Waals surface area contributed by atoms with Crippen LogP contribution in [-0.2, 0) is 4.57 Å². The Morgan fingerprint density at radius 1 is 1.75 bits per heavy atom. The molecule has 16 heavy (non-hydrogen) atoms. The molecule has 0 fully saturated rings. The molecule has 1 aromatic heterocycles. The standard InChI is InChI=1S/C6H9N4.C3H5O2P/c1-10(2)4-3-6-5-7-9-8-6;1-2-3-6(4)5/h3,5H,1-2H3,(H,7,8,9);2H,1,3H2/q+1;. The monoisotopic (exact) mass is 241 g/mol. The van der Waals surface area contributed by atoms with Gasteiger partial charge >= 0.3 is 8.03 Å². The molecule has 0 aliphatic carbocycles. The smallest absolute Gasteiger partial charge is 0.312 e. The minimum atomic E-state index is -2.22. The summed E-state index contributed by atoms with van der Waals surface area (Å²) < 4.78 is 11.4. The highest BCUT2D eigenvalue weighted by Gasteiger charge is 1.88. The maximum atomic E-state index is 9.57. The summed E-state index contributed by atoms with van der Waals surface area (Å²) in [5.41, 5.74) is 0.786. The SMILES string of the molecule is C=CC[P+](=O)[O-].C[N+](C)=C=Cc1cn[nH]n1. The summed E-state index contributed by atoms with van der Waals surface area (Å²) in [7, 11) is 1.58. The molecule has 1 N–H and O–H groups in total. The van der Waals surface area contributed by atoms with E-state index in [2.05, 4.69) is 27.9 Å². The fraction of sp³-hybridized carbons (Fsp3) is 0.333. The second-order valence-corrected chi connectivity index (χ2v) is 3.90. The fourth-order valence-corrected chi connectivity index (χ4v) is 0.791. The summed E-state index contributed by atoms with van der Waals surface area (Å²) in [6.45, 7) is 3.22. The van der Waals surface area contributed by atoms with Gasteiger partial charge in [0, 0.05) is 0 Å². The van der Waals surface area contributed by atoms with Crippen LogP contribution in [0.15, 0.2) is 18.9 Å². The molecule has 1 heterocycles. The summed E-state index contributed by atoms with van der Waals surface area (Å²) in [5.74, 6) is 2.93. The molecule has 0 radical (unpaired) electrons. The Labute approximate surface area is 94.9 Å². The van der Waals surface area contributed by atoms with E-state index in [-0.39, 0.29) is 6.16 Å². The van der Waals surface area contributed by atoms with Crippen molar-refractivity contribution in [2.75, 3.05) is 20.3 Å². The summed E-state index contributed by atoms with van der Waals surface area (Å²) in [5, 5.41) is 9.95. The van der Waals surface area contributed by atoms with E-state index < -0.39 is 8.03 Å². The molecule has 86 valence electrons. The molecule has 0 aliphatic rings. The summed E-state index contributed by atoms with van der Waals surface area (Å²) >= 11 is 0. The molecule has 0 aromatic carbocycles. The predicted octanol–water partition coefficient (Wildman–Crippen LogP) is 0.0348. The second-order valence-electron chi connectivity index (χ2n) is 2.87. The molecule has 1 atom stereocenters. The highest BCUT2D eigenvalue weighted by Crippen LogP contribution is 2.03. The number of hydrogen-bond donors (Lipinski definition) is 1. The van der Waals surface area contributed by atoms with Crippen molar-refractivity contribution in [3.05, 3.63) is 24.5 Å². The maximum Gasteiger partial charge on any atom is 0.312 e. The lowest BCUT2D eigenvalue weighted by atomic mass is 10.5. The van der Waals surface area contributed by atoms with Crippen LogP contribution in [0.5, 0.6) is 0 Å². The number of H-pyrrole nitrogens is 1. The van der Waals surface area contributed by atoms with Crippen molar-refractivity contribution in [3.63, 3.8) is 0 Å². The van der Waals surface area contributed by atoms with E-state index in [4.69, 9.17) is 0 Å². The van der Waals surface area contributed by atoms with Crippen molar-refractivity contribution in [3.8, 4) is 0 Å². The van der Waals surface area contributed by atoms with Crippen molar-refractivity contribution in [2.24, 2.45) is 0 Å². The third kappa shape index (κ3) is 8.97. The van der Waals surface area contributed by atoms with E-state index in [0.717, 1.165) is 5.69 Å². The van der Waals surface area contributed by atoms with Crippen LogP contribution >= 0.6 is 8.03 Å². The molecule has 1 rings (SSSR count). The van der Waals surface area contributed by atoms with Crippen LogP contribution in [-0.4, -0.2) is 46.1 Å². The Morgan fingerprint density at radius 3 is 2.75 bits per heavy atom. The minimum Gasteiger partial charge on any atom is -0.595 e. The van der Waals surface area contributed by atoms with Crippen LogP contribution in [0.25, 0.3) is 6.08 Å². The summed E-state index contributed by atoms with van der Waals surface area (Å²) in [6, 6.07) is 0. The first-order chi connectivity index (χ1) is 7.56. The molecule has 1 unspecified atom stereocenters. The number of aromatic amines is 1. The van der Waals surface area contributed by atoms with E-state index in [9.17, 15) is 9.46 Å². The van der Waals surface area contributed by atoms with Crippen LogP contribution < -0.4 is 4.89 Å². The van der Waals surface area contributed by atoms with Gasteiger partial charge < -0.3 is 4.89 Å². The van der Waals surface area contributed by atoms with E-state index in [0.29, 0.717) is 0 Å². The van der Waals surface area contributed by atoms with E-state index in [1.54, 1.807) is 12.3 Å². The van der Waals surface area contributed by atoms with E-state index in [1.165, 1.54) is 6.08 Å². The maximum absolute atomic E-state index is 9.57. The van der Waals surface area contributed by atoms with E-state index in [1.807, 2.05) is 18.7 Å². The molecule has 0 bridgehead atoms. The fourth-order valence-electron chi connectivity index (χ4n) is 0.581. The van der Waals surface area contributed by atoms with Crippen LogP contribution in [0.3, 0.4) is 0 Å². The highest BCUT2D eigenvalue weighted by molar-refractivity contribution is 7.36. The van der Waals surface area contributed by atoms with Crippen LogP contribution in [0.4, 0.5) is 0 Å². The van der Waals surface area contributed by atoms with Gasteiger partial charge in [-0.25, -0.2) is 0 Å². The van der Waals surface area contributed by atoms with Crippen LogP contribution in [0.1, 0.15) is 5.69 Å². The van der Waals surface area contributed by atoms with Gasteiger partial charge in [0.25, 0.3) is 0 Å². The Hall–Kier alpha value is -1.61. The zero-order chi connectivity index (χ0) is 12.4. The first-order valence-corrected chi connectivity index (χ1v) is 5.77. The molecule has 0 spiro atoms. The molecule has 0 saturated heterocycles. The topological polar surface area (TPSA) is 84.7 Å². The highest BCUT2D eigenvalue weighted by atomic mass is 31.1. The molecular weight excluding hydrogens is 227 g/mol. The number of rotatable bonds is 3. The van der Waals surface area contributed by atoms with Crippen molar-refractivity contribution in [2.45, 2.75) is 0 Å². The Bertz CT molecular complexity index is 390. The van der Waals surface area contributed by atoms with Crippen LogP contribution in [0, 0.1) is 0 Å². The first-order valence-electron chi connectivity index (χ1n) is 4.41. The van der Waals surface area contributed by atoms with E-state index >= 15 is 0 Å². The second kappa shape index (κ2) is 8.68. The lowest BCUT2D eigenvalue weighted by molar-refractivity contribution is -0.456. The average molecular weight is 241 g/mol. The molecule has 0 amide bonds. The molecule has 7 heteroatoms. The molecule has 0 saturated carbocycles. The number of aromatic nitrogens is 3. The zero-order valence-electron chi connectivity index (χ0n) is 9.25. The Morgan fingerprint density at radius 2 is 2.44 bits per heavy atom. The van der Waals surface area contributed by atoms with Gasteiger partial charge in [0.1, 0.15) is 19.8 Å². The van der Waals surface area contributed by atoms with Crippen molar-refractivity contribution < 1.29 is 14.0 Å². The van der Waals surface area contributed by atoms with Gasteiger partial charge in [-0.2, -0.15) is 20.0 Å². The number of nitrogens with one attached hydrogen (secondary N) is 1. The molecule has 6 nitrogen and oxygen atoms in total. The number of allylic oxidation sites excluding steroid dienone is 1. The average Bonchev–Trinajstić information content (AvgIpc) is 2.67. The molecule has 0 aliphatic heterocycles. The van der Waals surface area contributed by atoms with Gasteiger partial charge in [-0.05, 0) is 6.08 Å². The van der Waals surface area contributed by atoms with Gasteiger partial charge in [-0.3, -0.25) is 0 Å². The van der Waals surface area contributed by atoms with Crippen molar-refractivity contribution in [1.29, 1.82) is 0 Å². The Kier molecular flexibility index (Phi) is 7.81. The van der Waals surface area contributed by atoms with Gasteiger partial charge in [0.15, 0.2) is 12.0 Å². The molecular formula is C9H14N4O2P+. The van der Waals surface area contributed by atoms with Gasteiger partial charge in [0.05, 0.1) is 12.3 Å². The third-order valence-corrected chi connectivity index (χ3v) is 1.74. The number of nitrogens with zero attached hydrogens (tertiary/aromatic N) is 3. The van der Waals surface area contributed by atoms with Crippen molar-refractivity contribution in [1.82, 2.24) is 15.4 Å². The van der Waals surface area contributed by atoms with Gasteiger partial charge in [-0.1, -0.05) is 11.1 Å².